The van der Waals surface area contributed by atoms with Gasteiger partial charge in [0.15, 0.2) is 9.84 Å². The van der Waals surface area contributed by atoms with Crippen molar-refractivity contribution in [3.05, 3.63) is 54.7 Å². The fraction of sp³-hybridized carbons (Fsp3) is 0.167. The van der Waals surface area contributed by atoms with E-state index in [1.807, 2.05) is 36.5 Å². The molecule has 0 aliphatic heterocycles. The Hall–Kier alpha value is -2.80. The van der Waals surface area contributed by atoms with Gasteiger partial charge in [-0.25, -0.2) is 8.42 Å². The number of rotatable bonds is 5. The molecule has 0 fully saturated rings. The molecule has 1 aromatic heterocycles. The van der Waals surface area contributed by atoms with Crippen LogP contribution in [0.15, 0.2) is 59.6 Å². The highest BCUT2D eigenvalue weighted by atomic mass is 32.2. The standard InChI is InChI=1S/C18H18N2O4S/c1-2-25(23,24)14-7-8-17(21)15(11-14)19-18(22)12-20-10-9-13-5-3-4-6-16(13)20/h3-11,21H,2,12H2,1H3,(H,19,22). The number of carbonyl (C=O) groups excluding carboxylic acids is 1. The van der Waals surface area contributed by atoms with Gasteiger partial charge < -0.3 is 15.0 Å². The Morgan fingerprint density at radius 2 is 1.92 bits per heavy atom. The van der Waals surface area contributed by atoms with Crippen LogP contribution in [0.2, 0.25) is 0 Å². The van der Waals surface area contributed by atoms with Crippen LogP contribution in [0.4, 0.5) is 5.69 Å². The van der Waals surface area contributed by atoms with Gasteiger partial charge in [0, 0.05) is 11.7 Å². The molecular formula is C18H18N2O4S. The molecule has 0 bridgehead atoms. The summed E-state index contributed by atoms with van der Waals surface area (Å²) in [6.45, 7) is 1.59. The fourth-order valence-corrected chi connectivity index (χ4v) is 3.50. The van der Waals surface area contributed by atoms with Crippen molar-refractivity contribution in [1.82, 2.24) is 4.57 Å². The summed E-state index contributed by atoms with van der Waals surface area (Å²) < 4.78 is 25.7. The molecule has 3 rings (SSSR count). The molecule has 0 aliphatic carbocycles. The maximum atomic E-state index is 12.3. The Balaban J connectivity index is 1.82. The van der Waals surface area contributed by atoms with Crippen molar-refractivity contribution >= 4 is 32.3 Å². The van der Waals surface area contributed by atoms with Gasteiger partial charge in [0.1, 0.15) is 12.3 Å². The second kappa shape index (κ2) is 6.60. The molecular weight excluding hydrogens is 340 g/mol. The van der Waals surface area contributed by atoms with E-state index in [4.69, 9.17) is 0 Å². The average molecular weight is 358 g/mol. The number of aromatic nitrogens is 1. The van der Waals surface area contributed by atoms with Gasteiger partial charge in [-0.3, -0.25) is 4.79 Å². The Morgan fingerprint density at radius 1 is 1.16 bits per heavy atom. The van der Waals surface area contributed by atoms with Crippen LogP contribution in [0.25, 0.3) is 10.9 Å². The summed E-state index contributed by atoms with van der Waals surface area (Å²) in [5.41, 5.74) is 1.00. The van der Waals surface area contributed by atoms with Gasteiger partial charge in [-0.1, -0.05) is 25.1 Å². The lowest BCUT2D eigenvalue weighted by Gasteiger charge is -2.11. The van der Waals surface area contributed by atoms with Gasteiger partial charge in [-0.15, -0.1) is 0 Å². The maximum absolute atomic E-state index is 12.3. The lowest BCUT2D eigenvalue weighted by molar-refractivity contribution is -0.116. The highest BCUT2D eigenvalue weighted by Crippen LogP contribution is 2.27. The molecule has 2 aromatic carbocycles. The van der Waals surface area contributed by atoms with Crippen LogP contribution in [0.3, 0.4) is 0 Å². The van der Waals surface area contributed by atoms with Gasteiger partial charge in [0.25, 0.3) is 0 Å². The first kappa shape index (κ1) is 17.0. The molecule has 130 valence electrons. The van der Waals surface area contributed by atoms with Crippen molar-refractivity contribution in [1.29, 1.82) is 0 Å². The normalized spacial score (nSPS) is 11.6. The zero-order valence-corrected chi connectivity index (χ0v) is 14.5. The van der Waals surface area contributed by atoms with E-state index in [9.17, 15) is 18.3 Å². The summed E-state index contributed by atoms with van der Waals surface area (Å²) in [6.07, 6.45) is 1.81. The number of benzene rings is 2. The summed E-state index contributed by atoms with van der Waals surface area (Å²) in [4.78, 5) is 12.4. The van der Waals surface area contributed by atoms with E-state index >= 15 is 0 Å². The lowest BCUT2D eigenvalue weighted by Crippen LogP contribution is -2.18. The number of carbonyl (C=O) groups is 1. The Bertz CT molecular complexity index is 1040. The largest absolute Gasteiger partial charge is 0.506 e. The molecule has 0 spiro atoms. The van der Waals surface area contributed by atoms with Crippen molar-refractivity contribution < 1.29 is 18.3 Å². The summed E-state index contributed by atoms with van der Waals surface area (Å²) in [6, 6.07) is 13.5. The minimum atomic E-state index is -3.42. The first-order valence-corrected chi connectivity index (χ1v) is 9.45. The highest BCUT2D eigenvalue weighted by molar-refractivity contribution is 7.91. The van der Waals surface area contributed by atoms with Gasteiger partial charge in [-0.2, -0.15) is 0 Å². The zero-order valence-electron chi connectivity index (χ0n) is 13.6. The molecule has 0 unspecified atom stereocenters. The van der Waals surface area contributed by atoms with E-state index in [1.54, 1.807) is 4.57 Å². The van der Waals surface area contributed by atoms with Gasteiger partial charge in [0.2, 0.25) is 5.91 Å². The first-order valence-electron chi connectivity index (χ1n) is 7.80. The third kappa shape index (κ3) is 3.51. The number of fused-ring (bicyclic) bond motifs is 1. The number of sulfone groups is 1. The number of amides is 1. The number of aromatic hydroxyl groups is 1. The number of para-hydroxylation sites is 1. The fourth-order valence-electron chi connectivity index (χ4n) is 2.60. The summed E-state index contributed by atoms with van der Waals surface area (Å²) in [5, 5.41) is 13.5. The van der Waals surface area contributed by atoms with Crippen molar-refractivity contribution in [2.75, 3.05) is 11.1 Å². The van der Waals surface area contributed by atoms with Crippen molar-refractivity contribution in [3.8, 4) is 5.75 Å². The SMILES string of the molecule is CCS(=O)(=O)c1ccc(O)c(NC(=O)Cn2ccc3ccccc32)c1. The number of hydrogen-bond acceptors (Lipinski definition) is 4. The predicted octanol–water partition coefficient (Wildman–Crippen LogP) is 2.78. The van der Waals surface area contributed by atoms with Crippen LogP contribution >= 0.6 is 0 Å². The molecule has 25 heavy (non-hydrogen) atoms. The van der Waals surface area contributed by atoms with E-state index in [0.717, 1.165) is 10.9 Å². The Kier molecular flexibility index (Phi) is 4.50. The third-order valence-corrected chi connectivity index (χ3v) is 5.71. The maximum Gasteiger partial charge on any atom is 0.244 e. The predicted molar refractivity (Wildman–Crippen MR) is 96.4 cm³/mol. The van der Waals surface area contributed by atoms with Crippen LogP contribution in [0, 0.1) is 0 Å². The topological polar surface area (TPSA) is 88.4 Å². The Labute approximate surface area is 145 Å². The molecule has 0 radical (unpaired) electrons. The molecule has 0 saturated carbocycles. The van der Waals surface area contributed by atoms with Gasteiger partial charge in [-0.05, 0) is 35.7 Å². The van der Waals surface area contributed by atoms with E-state index in [0.29, 0.717) is 0 Å². The van der Waals surface area contributed by atoms with Crippen molar-refractivity contribution in [2.45, 2.75) is 18.4 Å². The van der Waals surface area contributed by atoms with Gasteiger partial charge >= 0.3 is 0 Å². The van der Waals surface area contributed by atoms with Crippen molar-refractivity contribution in [2.24, 2.45) is 0 Å². The molecule has 6 nitrogen and oxygen atoms in total. The lowest BCUT2D eigenvalue weighted by atomic mass is 10.2. The van der Waals surface area contributed by atoms with E-state index in [1.165, 1.54) is 25.1 Å². The van der Waals surface area contributed by atoms with Crippen molar-refractivity contribution in [3.63, 3.8) is 0 Å². The minimum Gasteiger partial charge on any atom is -0.506 e. The van der Waals surface area contributed by atoms with Crippen LogP contribution in [0.5, 0.6) is 5.75 Å². The van der Waals surface area contributed by atoms with E-state index in [-0.39, 0.29) is 34.5 Å². The van der Waals surface area contributed by atoms with Crippen LogP contribution < -0.4 is 5.32 Å². The zero-order chi connectivity index (χ0) is 18.0. The Morgan fingerprint density at radius 3 is 2.68 bits per heavy atom. The molecule has 3 aromatic rings. The first-order chi connectivity index (χ1) is 11.9. The summed E-state index contributed by atoms with van der Waals surface area (Å²) >= 11 is 0. The molecule has 0 atom stereocenters. The summed E-state index contributed by atoms with van der Waals surface area (Å²) in [5.74, 6) is -0.593. The monoisotopic (exact) mass is 358 g/mol. The molecule has 0 aliphatic rings. The number of phenols is 1. The minimum absolute atomic E-state index is 0.0533. The number of hydrogen-bond donors (Lipinski definition) is 2. The molecule has 1 heterocycles. The third-order valence-electron chi connectivity index (χ3n) is 3.98. The second-order valence-corrected chi connectivity index (χ2v) is 7.91. The number of phenolic OH excluding ortho intramolecular Hbond substituents is 1. The van der Waals surface area contributed by atoms with E-state index in [2.05, 4.69) is 5.32 Å². The number of nitrogens with zero attached hydrogens (tertiary/aromatic N) is 1. The molecule has 1 amide bonds. The quantitative estimate of drug-likeness (QED) is 0.687. The van der Waals surface area contributed by atoms with Crippen LogP contribution in [-0.4, -0.2) is 29.8 Å². The van der Waals surface area contributed by atoms with Crippen LogP contribution in [0.1, 0.15) is 6.92 Å². The van der Waals surface area contributed by atoms with Crippen LogP contribution in [-0.2, 0) is 21.2 Å². The average Bonchev–Trinajstić information content (AvgIpc) is 3.00. The number of anilines is 1. The molecule has 7 heteroatoms. The smallest absolute Gasteiger partial charge is 0.244 e. The highest BCUT2D eigenvalue weighted by Gasteiger charge is 2.15. The second-order valence-electron chi connectivity index (χ2n) is 5.63. The summed E-state index contributed by atoms with van der Waals surface area (Å²) in [7, 11) is -3.42. The molecule has 2 N–H and O–H groups in total. The number of nitrogens with one attached hydrogen (secondary N) is 1. The molecule has 0 saturated heterocycles. The van der Waals surface area contributed by atoms with E-state index < -0.39 is 9.84 Å². The van der Waals surface area contributed by atoms with Gasteiger partial charge in [0.05, 0.1) is 16.3 Å².